The predicted octanol–water partition coefficient (Wildman–Crippen LogP) is 5.62. The SMILES string of the molecule is Cc1cc(O[C@H](C)CO[Si](c2ccccc2)(c2ccccc2)C(C)(C)C)c2c(c1)OC(C)(C)OC2=O. The van der Waals surface area contributed by atoms with E-state index in [1.54, 1.807) is 13.8 Å². The van der Waals surface area contributed by atoms with Gasteiger partial charge in [-0.05, 0) is 47.0 Å². The summed E-state index contributed by atoms with van der Waals surface area (Å²) in [5.74, 6) is -0.542. The number of benzene rings is 3. The minimum atomic E-state index is -2.70. The zero-order valence-electron chi connectivity index (χ0n) is 22.3. The van der Waals surface area contributed by atoms with Crippen molar-refractivity contribution in [3.05, 3.63) is 83.9 Å². The van der Waals surface area contributed by atoms with Crippen LogP contribution in [0.25, 0.3) is 0 Å². The molecule has 0 unspecified atom stereocenters. The quantitative estimate of drug-likeness (QED) is 0.309. The van der Waals surface area contributed by atoms with Crippen LogP contribution in [0.15, 0.2) is 72.8 Å². The van der Waals surface area contributed by atoms with Crippen molar-refractivity contribution in [2.75, 3.05) is 6.61 Å². The van der Waals surface area contributed by atoms with Crippen LogP contribution in [-0.4, -0.2) is 32.8 Å². The molecule has 0 saturated carbocycles. The molecule has 6 heteroatoms. The average Bonchev–Trinajstić information content (AvgIpc) is 2.78. The summed E-state index contributed by atoms with van der Waals surface area (Å²) in [6.07, 6.45) is -0.319. The third-order valence-electron chi connectivity index (χ3n) is 6.39. The first kappa shape index (κ1) is 26.0. The lowest BCUT2D eigenvalue weighted by Gasteiger charge is -2.43. The van der Waals surface area contributed by atoms with E-state index in [4.69, 9.17) is 18.6 Å². The summed E-state index contributed by atoms with van der Waals surface area (Å²) >= 11 is 0. The van der Waals surface area contributed by atoms with E-state index in [1.165, 1.54) is 10.4 Å². The number of carbonyl (C=O) groups excluding carboxylic acids is 1. The molecule has 36 heavy (non-hydrogen) atoms. The lowest BCUT2D eigenvalue weighted by Crippen LogP contribution is -2.67. The Labute approximate surface area is 215 Å². The number of rotatable bonds is 7. The van der Waals surface area contributed by atoms with Gasteiger partial charge in [-0.15, -0.1) is 0 Å². The van der Waals surface area contributed by atoms with Crippen molar-refractivity contribution >= 4 is 24.7 Å². The van der Waals surface area contributed by atoms with Gasteiger partial charge in [-0.1, -0.05) is 81.4 Å². The molecule has 0 amide bonds. The molecule has 0 N–H and O–H groups in total. The zero-order chi connectivity index (χ0) is 26.1. The maximum Gasteiger partial charge on any atom is 0.349 e. The summed E-state index contributed by atoms with van der Waals surface area (Å²) in [5, 5.41) is 2.28. The molecule has 0 aliphatic carbocycles. The molecule has 1 atom stereocenters. The van der Waals surface area contributed by atoms with Gasteiger partial charge in [0.15, 0.2) is 0 Å². The molecule has 1 aliphatic heterocycles. The lowest BCUT2D eigenvalue weighted by molar-refractivity contribution is -0.127. The molecule has 0 fully saturated rings. The number of aryl methyl sites for hydroxylation is 1. The number of hydrogen-bond acceptors (Lipinski definition) is 5. The number of ether oxygens (including phenoxy) is 3. The van der Waals surface area contributed by atoms with E-state index in [-0.39, 0.29) is 11.1 Å². The van der Waals surface area contributed by atoms with Crippen molar-refractivity contribution in [3.63, 3.8) is 0 Å². The van der Waals surface area contributed by atoms with E-state index >= 15 is 0 Å². The highest BCUT2D eigenvalue weighted by Gasteiger charge is 2.50. The van der Waals surface area contributed by atoms with Gasteiger partial charge in [0.2, 0.25) is 5.79 Å². The Morgan fingerprint density at radius 3 is 2.00 bits per heavy atom. The second-order valence-electron chi connectivity index (χ2n) is 10.9. The van der Waals surface area contributed by atoms with Gasteiger partial charge in [0.05, 0.1) is 6.61 Å². The standard InChI is InChI=1S/C30H36O5Si/c1-21-18-25(27-26(19-21)34-30(6,7)35-28(27)31)33-22(2)20-32-36(29(3,4)5,23-14-10-8-11-15-23)24-16-12-9-13-17-24/h8-19,22H,20H2,1-7H3/t22-/m1/s1. The van der Waals surface area contributed by atoms with Crippen LogP contribution in [0.3, 0.4) is 0 Å². The molecule has 1 heterocycles. The topological polar surface area (TPSA) is 54.0 Å². The van der Waals surface area contributed by atoms with Crippen molar-refractivity contribution in [1.29, 1.82) is 0 Å². The molecule has 5 nitrogen and oxygen atoms in total. The van der Waals surface area contributed by atoms with Crippen LogP contribution in [-0.2, 0) is 9.16 Å². The Bertz CT molecular complexity index is 1180. The molecular formula is C30H36O5Si. The number of fused-ring (bicyclic) bond motifs is 1. The van der Waals surface area contributed by atoms with E-state index in [0.29, 0.717) is 23.7 Å². The first-order valence-electron chi connectivity index (χ1n) is 12.4. The maximum absolute atomic E-state index is 12.8. The van der Waals surface area contributed by atoms with Gasteiger partial charge in [0.25, 0.3) is 8.32 Å². The van der Waals surface area contributed by atoms with Gasteiger partial charge in [-0.25, -0.2) is 4.79 Å². The highest BCUT2D eigenvalue weighted by molar-refractivity contribution is 6.99. The minimum Gasteiger partial charge on any atom is -0.487 e. The van der Waals surface area contributed by atoms with Crippen molar-refractivity contribution in [2.45, 2.75) is 65.4 Å². The molecule has 3 aromatic carbocycles. The summed E-state index contributed by atoms with van der Waals surface area (Å²) < 4.78 is 24.7. The largest absolute Gasteiger partial charge is 0.487 e. The van der Waals surface area contributed by atoms with Crippen molar-refractivity contribution < 1.29 is 23.4 Å². The smallest absolute Gasteiger partial charge is 0.349 e. The van der Waals surface area contributed by atoms with Crippen LogP contribution in [0.4, 0.5) is 0 Å². The molecule has 0 bridgehead atoms. The molecule has 190 valence electrons. The first-order chi connectivity index (χ1) is 16.9. The molecule has 0 saturated heterocycles. The molecule has 3 aromatic rings. The van der Waals surface area contributed by atoms with Gasteiger partial charge >= 0.3 is 5.97 Å². The average molecular weight is 505 g/mol. The summed E-state index contributed by atoms with van der Waals surface area (Å²) in [6.45, 7) is 14.5. The summed E-state index contributed by atoms with van der Waals surface area (Å²) in [4.78, 5) is 12.8. The van der Waals surface area contributed by atoms with Crippen molar-refractivity contribution in [3.8, 4) is 11.5 Å². The second-order valence-corrected chi connectivity index (χ2v) is 15.2. The highest BCUT2D eigenvalue weighted by atomic mass is 28.4. The van der Waals surface area contributed by atoms with Crippen molar-refractivity contribution in [1.82, 2.24) is 0 Å². The van der Waals surface area contributed by atoms with Crippen LogP contribution >= 0.6 is 0 Å². The van der Waals surface area contributed by atoms with Crippen molar-refractivity contribution in [2.24, 2.45) is 0 Å². The van der Waals surface area contributed by atoms with E-state index in [9.17, 15) is 4.79 Å². The Morgan fingerprint density at radius 2 is 1.47 bits per heavy atom. The Hall–Kier alpha value is -3.09. The monoisotopic (exact) mass is 504 g/mol. The fourth-order valence-corrected chi connectivity index (χ4v) is 9.55. The Kier molecular flexibility index (Phi) is 7.04. The summed E-state index contributed by atoms with van der Waals surface area (Å²) in [6, 6.07) is 24.7. The minimum absolute atomic E-state index is 0.138. The van der Waals surface area contributed by atoms with Gasteiger partial charge in [-0.3, -0.25) is 0 Å². The number of carbonyl (C=O) groups is 1. The van der Waals surface area contributed by atoms with Gasteiger partial charge in [-0.2, -0.15) is 0 Å². The number of esters is 1. The first-order valence-corrected chi connectivity index (χ1v) is 14.3. The summed E-state index contributed by atoms with van der Waals surface area (Å²) in [7, 11) is -2.70. The number of cyclic esters (lactones) is 1. The van der Waals surface area contributed by atoms with Gasteiger partial charge < -0.3 is 18.6 Å². The molecule has 1 aliphatic rings. The molecular weight excluding hydrogens is 468 g/mol. The number of hydrogen-bond donors (Lipinski definition) is 0. The van der Waals surface area contributed by atoms with E-state index in [2.05, 4.69) is 69.3 Å². The highest BCUT2D eigenvalue weighted by Crippen LogP contribution is 2.39. The van der Waals surface area contributed by atoms with Gasteiger partial charge in [0, 0.05) is 13.8 Å². The summed E-state index contributed by atoms with van der Waals surface area (Å²) in [5.41, 5.74) is 1.26. The Morgan fingerprint density at radius 1 is 0.917 bits per heavy atom. The predicted molar refractivity (Wildman–Crippen MR) is 145 cm³/mol. The van der Waals surface area contributed by atoms with E-state index in [1.807, 2.05) is 38.1 Å². The fraction of sp³-hybridized carbons (Fsp3) is 0.367. The third-order valence-corrected chi connectivity index (χ3v) is 11.4. The molecule has 4 rings (SSSR count). The maximum atomic E-state index is 12.8. The van der Waals surface area contributed by atoms with E-state index in [0.717, 1.165) is 5.56 Å². The molecule has 0 spiro atoms. The normalized spacial score (nSPS) is 15.9. The van der Waals surface area contributed by atoms with E-state index < -0.39 is 20.1 Å². The van der Waals surface area contributed by atoms with Crippen LogP contribution in [0, 0.1) is 6.92 Å². The fourth-order valence-electron chi connectivity index (χ4n) is 4.91. The van der Waals surface area contributed by atoms with Crippen LogP contribution < -0.4 is 19.8 Å². The zero-order valence-corrected chi connectivity index (χ0v) is 23.3. The van der Waals surface area contributed by atoms with Crippen LogP contribution in [0.1, 0.15) is 57.5 Å². The second kappa shape index (κ2) is 9.75. The van der Waals surface area contributed by atoms with Crippen LogP contribution in [0.5, 0.6) is 11.5 Å². The van der Waals surface area contributed by atoms with Crippen LogP contribution in [0.2, 0.25) is 5.04 Å². The Balaban J connectivity index is 1.66. The molecule has 0 radical (unpaired) electrons. The van der Waals surface area contributed by atoms with Gasteiger partial charge in [0.1, 0.15) is 23.2 Å². The molecule has 0 aromatic heterocycles. The lowest BCUT2D eigenvalue weighted by atomic mass is 10.1. The third kappa shape index (κ3) is 5.06.